The third-order valence-corrected chi connectivity index (χ3v) is 4.53. The molecule has 4 heteroatoms. The predicted octanol–water partition coefficient (Wildman–Crippen LogP) is 3.57. The fourth-order valence-corrected chi connectivity index (χ4v) is 3.43. The van der Waals surface area contributed by atoms with E-state index >= 15 is 0 Å². The Kier molecular flexibility index (Phi) is 4.98. The Morgan fingerprint density at radius 3 is 2.53 bits per heavy atom. The van der Waals surface area contributed by atoms with Crippen molar-refractivity contribution in [3.8, 4) is 0 Å². The molecule has 3 unspecified atom stereocenters. The molecule has 1 aromatic carbocycles. The number of nitrogens with zero attached hydrogens (tertiary/aromatic N) is 1. The molecule has 0 amide bonds. The smallest absolute Gasteiger partial charge is 0.137 e. The number of likely N-dealkylation sites (tertiary alicyclic amines) is 1. The summed E-state index contributed by atoms with van der Waals surface area (Å²) in [5.74, 6) is 1.14. The van der Waals surface area contributed by atoms with E-state index in [0.29, 0.717) is 22.9 Å². The van der Waals surface area contributed by atoms with Gasteiger partial charge in [-0.2, -0.15) is 0 Å². The second kappa shape index (κ2) is 6.33. The van der Waals surface area contributed by atoms with E-state index in [1.807, 2.05) is 6.07 Å². The van der Waals surface area contributed by atoms with Crippen molar-refractivity contribution in [3.05, 3.63) is 34.1 Å². The zero-order valence-corrected chi connectivity index (χ0v) is 13.2. The standard InChI is InChI=1S/C15H22BrFN2/c1-10-5-11(2)9-19(8-10)15(7-18)12-3-4-13(16)14(17)6-12/h3-4,6,10-11,15H,5,7-9,18H2,1-2H3. The Morgan fingerprint density at radius 2 is 2.00 bits per heavy atom. The van der Waals surface area contributed by atoms with Crippen LogP contribution in [0.2, 0.25) is 0 Å². The number of halogens is 2. The molecule has 1 fully saturated rings. The molecule has 0 aromatic heterocycles. The van der Waals surface area contributed by atoms with Gasteiger partial charge < -0.3 is 5.73 Å². The van der Waals surface area contributed by atoms with Crippen LogP contribution in [0.4, 0.5) is 4.39 Å². The van der Waals surface area contributed by atoms with Gasteiger partial charge in [0, 0.05) is 25.7 Å². The summed E-state index contributed by atoms with van der Waals surface area (Å²) in [7, 11) is 0. The molecule has 2 N–H and O–H groups in total. The lowest BCUT2D eigenvalue weighted by atomic mass is 9.89. The second-order valence-corrected chi connectivity index (χ2v) is 6.68. The van der Waals surface area contributed by atoms with Crippen LogP contribution in [-0.2, 0) is 0 Å². The highest BCUT2D eigenvalue weighted by atomic mass is 79.9. The molecule has 0 saturated carbocycles. The van der Waals surface area contributed by atoms with E-state index in [-0.39, 0.29) is 11.9 Å². The van der Waals surface area contributed by atoms with Crippen LogP contribution in [0, 0.1) is 17.7 Å². The summed E-state index contributed by atoms with van der Waals surface area (Å²) in [4.78, 5) is 2.40. The number of nitrogens with two attached hydrogens (primary N) is 1. The van der Waals surface area contributed by atoms with E-state index in [1.54, 1.807) is 12.1 Å². The molecule has 106 valence electrons. The lowest BCUT2D eigenvalue weighted by Crippen LogP contribution is -2.43. The quantitative estimate of drug-likeness (QED) is 0.919. The number of piperidine rings is 1. The maximum atomic E-state index is 13.7. The summed E-state index contributed by atoms with van der Waals surface area (Å²) < 4.78 is 14.2. The van der Waals surface area contributed by atoms with E-state index in [0.717, 1.165) is 18.7 Å². The molecule has 1 aliphatic heterocycles. The lowest BCUT2D eigenvalue weighted by Gasteiger charge is -2.40. The van der Waals surface area contributed by atoms with Crippen molar-refractivity contribution in [1.82, 2.24) is 4.90 Å². The van der Waals surface area contributed by atoms with Crippen molar-refractivity contribution in [2.45, 2.75) is 26.3 Å². The van der Waals surface area contributed by atoms with Crippen LogP contribution in [-0.4, -0.2) is 24.5 Å². The molecule has 2 nitrogen and oxygen atoms in total. The largest absolute Gasteiger partial charge is 0.329 e. The zero-order valence-electron chi connectivity index (χ0n) is 11.6. The van der Waals surface area contributed by atoms with Crippen LogP contribution in [0.15, 0.2) is 22.7 Å². The van der Waals surface area contributed by atoms with Gasteiger partial charge >= 0.3 is 0 Å². The number of hydrogen-bond acceptors (Lipinski definition) is 2. The number of hydrogen-bond donors (Lipinski definition) is 1. The Morgan fingerprint density at radius 1 is 1.37 bits per heavy atom. The predicted molar refractivity (Wildman–Crippen MR) is 80.4 cm³/mol. The fraction of sp³-hybridized carbons (Fsp3) is 0.600. The Balaban J connectivity index is 2.21. The topological polar surface area (TPSA) is 29.3 Å². The van der Waals surface area contributed by atoms with Crippen LogP contribution in [0.1, 0.15) is 31.9 Å². The van der Waals surface area contributed by atoms with E-state index in [2.05, 4.69) is 34.7 Å². The van der Waals surface area contributed by atoms with Gasteiger partial charge in [0.05, 0.1) is 4.47 Å². The summed E-state index contributed by atoms with van der Waals surface area (Å²) >= 11 is 3.20. The Hall–Kier alpha value is -0.450. The summed E-state index contributed by atoms with van der Waals surface area (Å²) in [6.45, 7) is 7.17. The summed E-state index contributed by atoms with van der Waals surface area (Å²) in [5, 5.41) is 0. The van der Waals surface area contributed by atoms with E-state index < -0.39 is 0 Å². The first kappa shape index (κ1) is 14.9. The van der Waals surface area contributed by atoms with Crippen molar-refractivity contribution in [3.63, 3.8) is 0 Å². The van der Waals surface area contributed by atoms with E-state index in [4.69, 9.17) is 5.73 Å². The van der Waals surface area contributed by atoms with Gasteiger partial charge in [-0.3, -0.25) is 4.90 Å². The van der Waals surface area contributed by atoms with Gasteiger partial charge in [0.15, 0.2) is 0 Å². The van der Waals surface area contributed by atoms with Crippen molar-refractivity contribution in [2.24, 2.45) is 17.6 Å². The first-order valence-electron chi connectivity index (χ1n) is 6.90. The van der Waals surface area contributed by atoms with Gasteiger partial charge in [0.25, 0.3) is 0 Å². The fourth-order valence-electron chi connectivity index (χ4n) is 3.18. The lowest BCUT2D eigenvalue weighted by molar-refractivity contribution is 0.0982. The molecule has 0 radical (unpaired) electrons. The minimum absolute atomic E-state index is 0.118. The van der Waals surface area contributed by atoms with Crippen LogP contribution in [0.5, 0.6) is 0 Å². The first-order valence-corrected chi connectivity index (χ1v) is 7.69. The third kappa shape index (κ3) is 3.56. The molecule has 1 aromatic rings. The molecule has 0 bridgehead atoms. The molecule has 0 aliphatic carbocycles. The molecule has 1 aliphatic rings. The summed E-state index contributed by atoms with van der Waals surface area (Å²) in [6, 6.07) is 5.46. The van der Waals surface area contributed by atoms with E-state index in [1.165, 1.54) is 6.42 Å². The van der Waals surface area contributed by atoms with Gasteiger partial charge in [-0.25, -0.2) is 4.39 Å². The summed E-state index contributed by atoms with van der Waals surface area (Å²) in [6.07, 6.45) is 1.27. The summed E-state index contributed by atoms with van der Waals surface area (Å²) in [5.41, 5.74) is 6.92. The molecule has 3 atom stereocenters. The van der Waals surface area contributed by atoms with Crippen molar-refractivity contribution >= 4 is 15.9 Å². The first-order chi connectivity index (χ1) is 9.01. The number of rotatable bonds is 3. The highest BCUT2D eigenvalue weighted by molar-refractivity contribution is 9.10. The van der Waals surface area contributed by atoms with Crippen molar-refractivity contribution < 1.29 is 4.39 Å². The molecule has 1 saturated heterocycles. The molecular formula is C15H22BrFN2. The maximum absolute atomic E-state index is 13.7. The Bertz CT molecular complexity index is 428. The average Bonchev–Trinajstić information content (AvgIpc) is 2.33. The van der Waals surface area contributed by atoms with Crippen molar-refractivity contribution in [1.29, 1.82) is 0 Å². The Labute approximate surface area is 123 Å². The van der Waals surface area contributed by atoms with Crippen LogP contribution in [0.3, 0.4) is 0 Å². The van der Waals surface area contributed by atoms with Crippen LogP contribution in [0.25, 0.3) is 0 Å². The SMILES string of the molecule is CC1CC(C)CN(C(CN)c2ccc(Br)c(F)c2)C1. The van der Waals surface area contributed by atoms with Gasteiger partial charge in [-0.05, 0) is 51.9 Å². The molecule has 19 heavy (non-hydrogen) atoms. The molecule has 2 rings (SSSR count). The van der Waals surface area contributed by atoms with Gasteiger partial charge in [0.2, 0.25) is 0 Å². The average molecular weight is 329 g/mol. The zero-order chi connectivity index (χ0) is 14.0. The van der Waals surface area contributed by atoms with Gasteiger partial charge in [-0.1, -0.05) is 19.9 Å². The monoisotopic (exact) mass is 328 g/mol. The van der Waals surface area contributed by atoms with E-state index in [9.17, 15) is 4.39 Å². The van der Waals surface area contributed by atoms with Gasteiger partial charge in [0.1, 0.15) is 5.82 Å². The molecular weight excluding hydrogens is 307 g/mol. The molecule has 1 heterocycles. The second-order valence-electron chi connectivity index (χ2n) is 5.82. The third-order valence-electron chi connectivity index (χ3n) is 3.89. The minimum atomic E-state index is -0.214. The highest BCUT2D eigenvalue weighted by Gasteiger charge is 2.27. The highest BCUT2D eigenvalue weighted by Crippen LogP contribution is 2.30. The normalized spacial score (nSPS) is 26.4. The van der Waals surface area contributed by atoms with Crippen LogP contribution >= 0.6 is 15.9 Å². The minimum Gasteiger partial charge on any atom is -0.329 e. The van der Waals surface area contributed by atoms with Crippen LogP contribution < -0.4 is 5.73 Å². The number of benzene rings is 1. The van der Waals surface area contributed by atoms with Crippen molar-refractivity contribution in [2.75, 3.05) is 19.6 Å². The van der Waals surface area contributed by atoms with Gasteiger partial charge in [-0.15, -0.1) is 0 Å². The molecule has 0 spiro atoms. The maximum Gasteiger partial charge on any atom is 0.137 e.